The number of aryl methyl sites for hydroxylation is 3. The molecule has 6 aromatic rings. The molecule has 2 saturated heterocycles. The first-order chi connectivity index (χ1) is 33.4. The van der Waals surface area contributed by atoms with E-state index in [1.807, 2.05) is 51.1 Å². The van der Waals surface area contributed by atoms with Crippen molar-refractivity contribution >= 4 is 81.1 Å². The van der Waals surface area contributed by atoms with Crippen molar-refractivity contribution < 1.29 is 29.5 Å². The predicted molar refractivity (Wildman–Crippen MR) is 280 cm³/mol. The van der Waals surface area contributed by atoms with Gasteiger partial charge in [0, 0.05) is 56.7 Å². The molecule has 2 fully saturated rings. The Morgan fingerprint density at radius 3 is 1.41 bits per heavy atom. The van der Waals surface area contributed by atoms with Crippen molar-refractivity contribution in [3.8, 4) is 34.2 Å². The Labute approximate surface area is 433 Å². The first-order valence-corrected chi connectivity index (χ1v) is 30.8. The maximum Gasteiger partial charge on any atom is 0.247 e. The molecule has 18 nitrogen and oxygen atoms in total. The molecule has 0 radical (unpaired) electrons. The van der Waals surface area contributed by atoms with Crippen LogP contribution in [0.1, 0.15) is 42.4 Å². The van der Waals surface area contributed by atoms with Gasteiger partial charge in [0.2, 0.25) is 26.1 Å². The minimum Gasteiger partial charge on any atom is -0.341 e. The van der Waals surface area contributed by atoms with E-state index < -0.39 is 40.3 Å². The number of halogens is 3. The van der Waals surface area contributed by atoms with Crippen LogP contribution in [0.25, 0.3) is 34.2 Å². The van der Waals surface area contributed by atoms with Crippen LogP contribution in [0.15, 0.2) is 83.9 Å². The molecule has 25 heteroatoms. The second-order valence-corrected chi connectivity index (χ2v) is 25.9. The van der Waals surface area contributed by atoms with Crippen molar-refractivity contribution in [1.82, 2.24) is 50.2 Å². The van der Waals surface area contributed by atoms with Crippen molar-refractivity contribution in [2.75, 3.05) is 67.6 Å². The summed E-state index contributed by atoms with van der Waals surface area (Å²) in [6, 6.07) is 11.2. The van der Waals surface area contributed by atoms with Crippen molar-refractivity contribution in [1.29, 1.82) is 0 Å². The monoisotopic (exact) mass is 1110 g/mol. The maximum absolute atomic E-state index is 11.5. The number of hydrogen-bond acceptors (Lipinski definition) is 18. The van der Waals surface area contributed by atoms with Crippen LogP contribution in [-0.4, -0.2) is 137 Å². The number of nitrogens with one attached hydrogen (secondary N) is 1. The van der Waals surface area contributed by atoms with Crippen molar-refractivity contribution in [2.24, 2.45) is 11.8 Å². The molecule has 8 rings (SSSR count). The van der Waals surface area contributed by atoms with Gasteiger partial charge >= 0.3 is 0 Å². The van der Waals surface area contributed by atoms with Gasteiger partial charge in [-0.05, 0) is 106 Å². The topological polar surface area (TPSA) is 251 Å². The SMILES string of the molecule is CS(=O)(=O)CC1CCNCC1.Cc1cccnc1-c1nc(N2CCC(CS(C)(=O)=O)CC2)ncc1Cl.Cc1cccnc1-c1nc(S(C)(=O)=O)ncc1Cl.Cc1cccnc1-c1nc(S(C)=O)ncc1Cl. The highest BCUT2D eigenvalue weighted by Gasteiger charge is 2.25. The van der Waals surface area contributed by atoms with E-state index in [4.69, 9.17) is 34.8 Å². The lowest BCUT2D eigenvalue weighted by Gasteiger charge is -2.31. The van der Waals surface area contributed by atoms with Gasteiger partial charge < -0.3 is 10.2 Å². The van der Waals surface area contributed by atoms with Gasteiger partial charge in [-0.3, -0.25) is 19.2 Å². The number of rotatable bonds is 10. The maximum atomic E-state index is 11.5. The molecule has 8 heterocycles. The molecule has 0 amide bonds. The van der Waals surface area contributed by atoms with E-state index in [0.29, 0.717) is 56.1 Å². The summed E-state index contributed by atoms with van der Waals surface area (Å²) in [6.07, 6.45) is 18.1. The molecule has 71 heavy (non-hydrogen) atoms. The first-order valence-electron chi connectivity index (χ1n) is 22.1. The minimum absolute atomic E-state index is 0.205. The fourth-order valence-electron chi connectivity index (χ4n) is 7.43. The summed E-state index contributed by atoms with van der Waals surface area (Å²) < 4.78 is 78.9. The number of aromatic nitrogens is 9. The van der Waals surface area contributed by atoms with Gasteiger partial charge in [-0.2, -0.15) is 0 Å². The summed E-state index contributed by atoms with van der Waals surface area (Å²) in [5.74, 6) is 1.83. The Morgan fingerprint density at radius 1 is 0.577 bits per heavy atom. The van der Waals surface area contributed by atoms with Crippen LogP contribution in [0, 0.1) is 32.6 Å². The molecule has 382 valence electrons. The second-order valence-electron chi connectivity index (χ2n) is 17.1. The van der Waals surface area contributed by atoms with Crippen LogP contribution in [0.4, 0.5) is 5.95 Å². The Bertz CT molecular complexity index is 3160. The van der Waals surface area contributed by atoms with E-state index in [2.05, 4.69) is 55.1 Å². The summed E-state index contributed by atoms with van der Waals surface area (Å²) in [5, 5.41) is 4.35. The van der Waals surface area contributed by atoms with Crippen LogP contribution >= 0.6 is 34.8 Å². The average molecular weight is 1110 g/mol. The molecule has 0 aromatic carbocycles. The number of nitrogens with zero attached hydrogens (tertiary/aromatic N) is 10. The molecule has 1 unspecified atom stereocenters. The van der Waals surface area contributed by atoms with Crippen molar-refractivity contribution in [2.45, 2.75) is 56.8 Å². The van der Waals surface area contributed by atoms with Crippen LogP contribution < -0.4 is 10.2 Å². The van der Waals surface area contributed by atoms with Crippen molar-refractivity contribution in [3.05, 3.63) is 105 Å². The van der Waals surface area contributed by atoms with Crippen LogP contribution in [-0.2, 0) is 40.3 Å². The average Bonchev–Trinajstić information content (AvgIpc) is 3.30. The Hall–Kier alpha value is -4.68. The lowest BCUT2D eigenvalue weighted by molar-refractivity contribution is 0.402. The van der Waals surface area contributed by atoms with Crippen LogP contribution in [0.2, 0.25) is 15.1 Å². The zero-order valence-electron chi connectivity index (χ0n) is 40.3. The van der Waals surface area contributed by atoms with Gasteiger partial charge in [0.25, 0.3) is 0 Å². The molecule has 1 atom stereocenters. The third-order valence-electron chi connectivity index (χ3n) is 10.9. The molecule has 2 aliphatic rings. The number of piperidine rings is 2. The van der Waals surface area contributed by atoms with E-state index in [0.717, 1.165) is 80.5 Å². The molecule has 0 bridgehead atoms. The lowest BCUT2D eigenvalue weighted by atomic mass is 9.99. The normalized spacial score (nSPS) is 15.0. The van der Waals surface area contributed by atoms with Crippen LogP contribution in [0.3, 0.4) is 0 Å². The standard InChI is InChI=1S/C17H21ClN4O2S.C11H10ClN3O2S.C11H10ClN3OS.C7H15NO2S/c1-12-4-3-7-19-15(12)16-14(18)10-20-17(21-16)22-8-5-13(6-9-22)11-25(2,23)24;1-7-4-3-5-13-9(7)10-8(12)6-14-11(15-10)18(2,16)17;1-7-4-3-5-13-9(7)10-8(12)6-14-11(15-10)17(2)16;1-11(9,10)6-7-2-4-8-5-3-7/h3-4,7,10,13H,5-6,8-9,11H2,1-2H3;3-6H,1-2H3;3-6H,1-2H3;7-8H,2-6H2,1H3. The third-order valence-corrected chi connectivity index (χ3v) is 15.5. The van der Waals surface area contributed by atoms with E-state index in [-0.39, 0.29) is 27.0 Å². The molecule has 1 N–H and O–H groups in total. The third kappa shape index (κ3) is 17.8. The summed E-state index contributed by atoms with van der Waals surface area (Å²) in [7, 11) is -10.4. The Kier molecular flexibility index (Phi) is 20.8. The second kappa shape index (κ2) is 25.8. The van der Waals surface area contributed by atoms with E-state index in [1.165, 1.54) is 31.2 Å². The highest BCUT2D eigenvalue weighted by molar-refractivity contribution is 7.91. The molecule has 0 saturated carbocycles. The van der Waals surface area contributed by atoms with Gasteiger partial charge in [0.05, 0.1) is 73.0 Å². The summed E-state index contributed by atoms with van der Waals surface area (Å²) >= 11 is 18.3. The van der Waals surface area contributed by atoms with E-state index in [1.54, 1.807) is 30.9 Å². The Balaban J connectivity index is 0.000000183. The van der Waals surface area contributed by atoms with E-state index in [9.17, 15) is 29.5 Å². The first kappa shape index (κ1) is 57.2. The summed E-state index contributed by atoms with van der Waals surface area (Å²) in [6.45, 7) is 9.16. The van der Waals surface area contributed by atoms with Gasteiger partial charge in [0.15, 0.2) is 0 Å². The zero-order valence-corrected chi connectivity index (χ0v) is 45.8. The smallest absolute Gasteiger partial charge is 0.247 e. The molecule has 0 spiro atoms. The largest absolute Gasteiger partial charge is 0.341 e. The van der Waals surface area contributed by atoms with Crippen LogP contribution in [0.5, 0.6) is 0 Å². The molecule has 2 aliphatic heterocycles. The van der Waals surface area contributed by atoms with Gasteiger partial charge in [-0.25, -0.2) is 55.2 Å². The fraction of sp³-hybridized carbons (Fsp3) is 0.413. The number of hydrogen-bond donors (Lipinski definition) is 1. The fourth-order valence-corrected chi connectivity index (χ4v) is 11.3. The lowest BCUT2D eigenvalue weighted by Crippen LogP contribution is -2.36. The van der Waals surface area contributed by atoms with Gasteiger partial charge in [0.1, 0.15) is 36.8 Å². The highest BCUT2D eigenvalue weighted by Crippen LogP contribution is 2.31. The Morgan fingerprint density at radius 2 is 0.986 bits per heavy atom. The molecule has 0 aliphatic carbocycles. The summed E-state index contributed by atoms with van der Waals surface area (Å²) in [4.78, 5) is 39.7. The number of anilines is 1. The quantitative estimate of drug-likeness (QED) is 0.136. The highest BCUT2D eigenvalue weighted by atomic mass is 35.5. The molecule has 6 aromatic heterocycles. The zero-order chi connectivity index (χ0) is 52.1. The van der Waals surface area contributed by atoms with Gasteiger partial charge in [-0.1, -0.05) is 53.0 Å². The predicted octanol–water partition coefficient (Wildman–Crippen LogP) is 6.93. The molecular weight excluding hydrogens is 1050 g/mol. The molecular formula is C46H56Cl3N11O7S4. The number of sulfone groups is 3. The number of pyridine rings is 3. The minimum atomic E-state index is -3.47. The van der Waals surface area contributed by atoms with Crippen molar-refractivity contribution in [3.63, 3.8) is 0 Å². The van der Waals surface area contributed by atoms with E-state index >= 15 is 0 Å². The summed E-state index contributed by atoms with van der Waals surface area (Å²) in [5.41, 5.74) is 6.28. The van der Waals surface area contributed by atoms with Gasteiger partial charge in [-0.15, -0.1) is 0 Å².